The molecule has 0 spiro atoms. The van der Waals surface area contributed by atoms with Crippen molar-refractivity contribution in [3.8, 4) is 0 Å². The Kier molecular flexibility index (Phi) is 4.28. The molecule has 0 aliphatic heterocycles. The molecule has 0 bridgehead atoms. The minimum atomic E-state index is 0.810. The van der Waals surface area contributed by atoms with Gasteiger partial charge in [0, 0.05) is 30.8 Å². The quantitative estimate of drug-likeness (QED) is 0.785. The standard InChI is InChI=1S/C17H22N2O/c1-13-2-6-16-10-15(5-7-17(16)19-13)11-18-8-9-20-12-14-3-4-14/h2,5-7,10,14,18H,3-4,8-9,11-12H2,1H3. The molecular weight excluding hydrogens is 248 g/mol. The monoisotopic (exact) mass is 270 g/mol. The first-order valence-electron chi connectivity index (χ1n) is 7.46. The Balaban J connectivity index is 1.45. The summed E-state index contributed by atoms with van der Waals surface area (Å²) >= 11 is 0. The van der Waals surface area contributed by atoms with Crippen LogP contribution in [0.5, 0.6) is 0 Å². The zero-order valence-corrected chi connectivity index (χ0v) is 12.1. The number of aromatic nitrogens is 1. The van der Waals surface area contributed by atoms with Crippen molar-refractivity contribution in [3.05, 3.63) is 41.6 Å². The molecule has 2 aromatic rings. The third-order valence-corrected chi connectivity index (χ3v) is 3.70. The highest BCUT2D eigenvalue weighted by Crippen LogP contribution is 2.28. The molecule has 106 valence electrons. The van der Waals surface area contributed by atoms with Gasteiger partial charge in [-0.2, -0.15) is 0 Å². The summed E-state index contributed by atoms with van der Waals surface area (Å²) in [4.78, 5) is 4.52. The highest BCUT2D eigenvalue weighted by Gasteiger charge is 2.20. The van der Waals surface area contributed by atoms with Gasteiger partial charge in [0.25, 0.3) is 0 Å². The van der Waals surface area contributed by atoms with E-state index >= 15 is 0 Å². The van der Waals surface area contributed by atoms with Crippen molar-refractivity contribution in [3.63, 3.8) is 0 Å². The van der Waals surface area contributed by atoms with Gasteiger partial charge in [-0.1, -0.05) is 12.1 Å². The fraction of sp³-hybridized carbons (Fsp3) is 0.471. The summed E-state index contributed by atoms with van der Waals surface area (Å²) in [6.45, 7) is 5.58. The maximum atomic E-state index is 5.61. The van der Waals surface area contributed by atoms with Crippen molar-refractivity contribution >= 4 is 10.9 Å². The molecule has 1 N–H and O–H groups in total. The summed E-state index contributed by atoms with van der Waals surface area (Å²) in [6.07, 6.45) is 2.72. The molecule has 0 unspecified atom stereocenters. The van der Waals surface area contributed by atoms with Crippen molar-refractivity contribution in [2.24, 2.45) is 5.92 Å². The highest BCUT2D eigenvalue weighted by atomic mass is 16.5. The minimum absolute atomic E-state index is 0.810. The fourth-order valence-corrected chi connectivity index (χ4v) is 2.30. The first-order chi connectivity index (χ1) is 9.81. The molecule has 0 atom stereocenters. The van der Waals surface area contributed by atoms with Crippen LogP contribution in [0.2, 0.25) is 0 Å². The van der Waals surface area contributed by atoms with Crippen molar-refractivity contribution < 1.29 is 4.74 Å². The van der Waals surface area contributed by atoms with E-state index in [1.54, 1.807) is 0 Å². The van der Waals surface area contributed by atoms with Crippen LogP contribution in [0.4, 0.5) is 0 Å². The predicted octanol–water partition coefficient (Wildman–Crippen LogP) is 3.06. The number of pyridine rings is 1. The summed E-state index contributed by atoms with van der Waals surface area (Å²) in [7, 11) is 0. The Labute approximate surface area is 120 Å². The van der Waals surface area contributed by atoms with Crippen LogP contribution in [-0.4, -0.2) is 24.7 Å². The molecule has 1 heterocycles. The van der Waals surface area contributed by atoms with Gasteiger partial charge in [-0.05, 0) is 49.4 Å². The second-order valence-electron chi connectivity index (χ2n) is 5.67. The lowest BCUT2D eigenvalue weighted by atomic mass is 10.1. The van der Waals surface area contributed by atoms with Crippen LogP contribution in [0, 0.1) is 12.8 Å². The first kappa shape index (κ1) is 13.5. The van der Waals surface area contributed by atoms with Gasteiger partial charge in [0.15, 0.2) is 0 Å². The summed E-state index contributed by atoms with van der Waals surface area (Å²) in [6, 6.07) is 10.7. The molecular formula is C17H22N2O. The van der Waals surface area contributed by atoms with Gasteiger partial charge in [0.2, 0.25) is 0 Å². The van der Waals surface area contributed by atoms with E-state index in [0.717, 1.165) is 43.4 Å². The molecule has 1 aliphatic rings. The molecule has 1 aromatic heterocycles. The van der Waals surface area contributed by atoms with Crippen LogP contribution >= 0.6 is 0 Å². The van der Waals surface area contributed by atoms with Gasteiger partial charge >= 0.3 is 0 Å². The third kappa shape index (κ3) is 3.78. The van der Waals surface area contributed by atoms with Gasteiger partial charge < -0.3 is 10.1 Å². The van der Waals surface area contributed by atoms with Gasteiger partial charge in [0.1, 0.15) is 0 Å². The molecule has 3 nitrogen and oxygen atoms in total. The number of nitrogens with one attached hydrogen (secondary N) is 1. The zero-order valence-electron chi connectivity index (χ0n) is 12.1. The largest absolute Gasteiger partial charge is 0.380 e. The Morgan fingerprint density at radius 3 is 3.00 bits per heavy atom. The SMILES string of the molecule is Cc1ccc2cc(CNCCOCC3CC3)ccc2n1. The Hall–Kier alpha value is -1.45. The second kappa shape index (κ2) is 6.33. The number of hydrogen-bond donors (Lipinski definition) is 1. The van der Waals surface area contributed by atoms with Crippen molar-refractivity contribution in [1.82, 2.24) is 10.3 Å². The van der Waals surface area contributed by atoms with Crippen LogP contribution in [0.1, 0.15) is 24.1 Å². The number of nitrogens with zero attached hydrogens (tertiary/aromatic N) is 1. The number of fused-ring (bicyclic) bond motifs is 1. The maximum absolute atomic E-state index is 5.61. The van der Waals surface area contributed by atoms with Crippen LogP contribution < -0.4 is 5.32 Å². The number of ether oxygens (including phenoxy) is 1. The number of hydrogen-bond acceptors (Lipinski definition) is 3. The van der Waals surface area contributed by atoms with E-state index in [-0.39, 0.29) is 0 Å². The van der Waals surface area contributed by atoms with Crippen LogP contribution in [0.15, 0.2) is 30.3 Å². The lowest BCUT2D eigenvalue weighted by Gasteiger charge is -2.07. The maximum Gasteiger partial charge on any atom is 0.0705 e. The molecule has 0 radical (unpaired) electrons. The molecule has 1 saturated carbocycles. The van der Waals surface area contributed by atoms with E-state index in [1.807, 2.05) is 6.92 Å². The normalized spacial score (nSPS) is 14.8. The van der Waals surface area contributed by atoms with E-state index in [0.29, 0.717) is 0 Å². The van der Waals surface area contributed by atoms with E-state index < -0.39 is 0 Å². The topological polar surface area (TPSA) is 34.1 Å². The fourth-order valence-electron chi connectivity index (χ4n) is 2.30. The lowest BCUT2D eigenvalue weighted by Crippen LogP contribution is -2.19. The summed E-state index contributed by atoms with van der Waals surface area (Å²) in [5.74, 6) is 0.853. The summed E-state index contributed by atoms with van der Waals surface area (Å²) in [5.41, 5.74) is 3.43. The van der Waals surface area contributed by atoms with Gasteiger partial charge in [-0.3, -0.25) is 4.98 Å². The van der Waals surface area contributed by atoms with Crippen LogP contribution in [0.3, 0.4) is 0 Å². The molecule has 1 aromatic carbocycles. The van der Waals surface area contributed by atoms with E-state index in [4.69, 9.17) is 4.74 Å². The average Bonchev–Trinajstić information content (AvgIpc) is 3.27. The molecule has 20 heavy (non-hydrogen) atoms. The first-order valence-corrected chi connectivity index (χ1v) is 7.46. The Morgan fingerprint density at radius 2 is 2.15 bits per heavy atom. The lowest BCUT2D eigenvalue weighted by molar-refractivity contribution is 0.126. The average molecular weight is 270 g/mol. The smallest absolute Gasteiger partial charge is 0.0705 e. The van der Waals surface area contributed by atoms with Crippen molar-refractivity contribution in [1.29, 1.82) is 0 Å². The van der Waals surface area contributed by atoms with E-state index in [1.165, 1.54) is 23.8 Å². The van der Waals surface area contributed by atoms with Crippen LogP contribution in [-0.2, 0) is 11.3 Å². The minimum Gasteiger partial charge on any atom is -0.380 e. The summed E-state index contributed by atoms with van der Waals surface area (Å²) < 4.78 is 5.61. The Bertz CT molecular complexity index is 578. The Morgan fingerprint density at radius 1 is 1.25 bits per heavy atom. The van der Waals surface area contributed by atoms with E-state index in [2.05, 4.69) is 40.6 Å². The molecule has 3 heteroatoms. The number of aryl methyl sites for hydroxylation is 1. The number of benzene rings is 1. The van der Waals surface area contributed by atoms with Crippen LogP contribution in [0.25, 0.3) is 10.9 Å². The predicted molar refractivity (Wildman–Crippen MR) is 81.7 cm³/mol. The number of rotatable bonds is 7. The second-order valence-corrected chi connectivity index (χ2v) is 5.67. The van der Waals surface area contributed by atoms with Gasteiger partial charge in [0.05, 0.1) is 12.1 Å². The van der Waals surface area contributed by atoms with Gasteiger partial charge in [-0.25, -0.2) is 0 Å². The molecule has 1 fully saturated rings. The van der Waals surface area contributed by atoms with E-state index in [9.17, 15) is 0 Å². The molecule has 1 aliphatic carbocycles. The summed E-state index contributed by atoms with van der Waals surface area (Å²) in [5, 5.41) is 4.63. The zero-order chi connectivity index (χ0) is 13.8. The third-order valence-electron chi connectivity index (χ3n) is 3.70. The molecule has 0 amide bonds. The van der Waals surface area contributed by atoms with Crippen molar-refractivity contribution in [2.75, 3.05) is 19.8 Å². The van der Waals surface area contributed by atoms with Gasteiger partial charge in [-0.15, -0.1) is 0 Å². The molecule has 0 saturated heterocycles. The van der Waals surface area contributed by atoms with Crippen molar-refractivity contribution in [2.45, 2.75) is 26.3 Å². The molecule has 3 rings (SSSR count). The highest BCUT2D eigenvalue weighted by molar-refractivity contribution is 5.79.